The third-order valence-electron chi connectivity index (χ3n) is 7.76. The zero-order valence-corrected chi connectivity index (χ0v) is 24.0. The van der Waals surface area contributed by atoms with Gasteiger partial charge in [-0.3, -0.25) is 0 Å². The first-order chi connectivity index (χ1) is 32.1. The summed E-state index contributed by atoms with van der Waals surface area (Å²) in [5.74, 6) is -1.20. The Balaban J connectivity index is 1.41. The van der Waals surface area contributed by atoms with Crippen LogP contribution >= 0.6 is 0 Å². The van der Waals surface area contributed by atoms with Gasteiger partial charge in [0, 0.05) is 38.2 Å². The summed E-state index contributed by atoms with van der Waals surface area (Å²) in [6.45, 7) is 0. The van der Waals surface area contributed by atoms with E-state index in [1.165, 1.54) is 0 Å². The van der Waals surface area contributed by atoms with Gasteiger partial charge in [-0.05, 0) is 46.1 Å². The lowest BCUT2D eigenvalue weighted by atomic mass is 9.93. The van der Waals surface area contributed by atoms with Crippen molar-refractivity contribution in [3.63, 3.8) is 0 Å². The first kappa shape index (κ1) is 13.6. The Morgan fingerprint density at radius 2 is 0.833 bits per heavy atom. The number of benzene rings is 7. The number of rotatable bonds is 4. The highest BCUT2D eigenvalue weighted by atomic mass is 16.3. The summed E-state index contributed by atoms with van der Waals surface area (Å²) in [7, 11) is 0. The molecule has 0 N–H and O–H groups in total. The molecule has 0 aliphatic rings. The molecule has 0 bridgehead atoms. The lowest BCUT2D eigenvalue weighted by Gasteiger charge is -2.13. The zero-order valence-electron chi connectivity index (χ0n) is 44.0. The van der Waals surface area contributed by atoms with Crippen molar-refractivity contribution in [1.82, 2.24) is 15.0 Å². The van der Waals surface area contributed by atoms with Crippen LogP contribution in [0.15, 0.2) is 160 Å². The van der Waals surface area contributed by atoms with Gasteiger partial charge in [0.05, 0.1) is 27.4 Å². The third kappa shape index (κ3) is 4.08. The Morgan fingerprint density at radius 1 is 0.375 bits per heavy atom. The number of nitrogens with zero attached hydrogens (tertiary/aromatic N) is 3. The van der Waals surface area contributed by atoms with Gasteiger partial charge in [-0.15, -0.1) is 0 Å². The first-order valence-corrected chi connectivity index (χ1v) is 14.3. The molecule has 0 radical (unpaired) electrons. The molecule has 10 rings (SSSR count). The Hall–Kier alpha value is -6.59. The largest absolute Gasteiger partial charge is 0.456 e. The van der Waals surface area contributed by atoms with E-state index in [4.69, 9.17) is 28.0 Å². The maximum absolute atomic E-state index is 9.35. The SMILES string of the molecule is [2H]c1c([2H])c([2H])c2c(oc3c([2H])c([2H])c([2H])c(-c4nc(-c5ccccc5)nc(-c5c([2H])c([2H])c([2H])c6c(-c7c([2H])c([2H])c([2H])c8oc9c([2H])c([2H])c([2H])c([2H])c9c78)c([2H])c([2H])c([2H])c56)n4)c32)c1[2H]. The molecule has 0 spiro atoms. The van der Waals surface area contributed by atoms with Crippen LogP contribution in [0, 0.1) is 0 Å². The fourth-order valence-electron chi connectivity index (χ4n) is 5.68. The van der Waals surface area contributed by atoms with Crippen molar-refractivity contribution in [1.29, 1.82) is 0 Å². The van der Waals surface area contributed by atoms with Crippen LogP contribution in [0.3, 0.4) is 0 Å². The molecule has 5 heteroatoms. The van der Waals surface area contributed by atoms with E-state index in [-0.39, 0.29) is 32.9 Å². The van der Waals surface area contributed by atoms with Crippen molar-refractivity contribution in [2.24, 2.45) is 0 Å². The highest BCUT2D eigenvalue weighted by Gasteiger charge is 2.20. The van der Waals surface area contributed by atoms with Crippen LogP contribution < -0.4 is 0 Å². The summed E-state index contributed by atoms with van der Waals surface area (Å²) in [6, 6.07) is -6.56. The molecule has 0 aliphatic heterocycles. The van der Waals surface area contributed by atoms with Gasteiger partial charge in [-0.2, -0.15) is 0 Å². The molecular weight excluding hydrogens is 590 g/mol. The molecule has 0 aliphatic carbocycles. The van der Waals surface area contributed by atoms with Crippen LogP contribution in [0.25, 0.3) is 99.9 Å². The maximum Gasteiger partial charge on any atom is 0.164 e. The van der Waals surface area contributed by atoms with E-state index in [0.717, 1.165) is 0 Å². The molecule has 0 saturated carbocycles. The van der Waals surface area contributed by atoms with Gasteiger partial charge < -0.3 is 8.83 Å². The summed E-state index contributed by atoms with van der Waals surface area (Å²) in [6.07, 6.45) is 0. The number of aromatic nitrogens is 3. The van der Waals surface area contributed by atoms with Crippen molar-refractivity contribution in [3.8, 4) is 45.3 Å². The Morgan fingerprint density at radius 3 is 1.52 bits per heavy atom. The average Bonchev–Trinajstić information content (AvgIpc) is 3.93. The normalized spacial score (nSPS) is 17.6. The first-order valence-electron chi connectivity index (χ1n) is 24.3. The minimum absolute atomic E-state index is 0.183. The summed E-state index contributed by atoms with van der Waals surface area (Å²) in [5, 5.41) is -2.26. The summed E-state index contributed by atoms with van der Waals surface area (Å²) in [4.78, 5) is 13.9. The predicted molar refractivity (Wildman–Crippen MR) is 194 cm³/mol. The van der Waals surface area contributed by atoms with Crippen LogP contribution in [-0.4, -0.2) is 15.0 Å². The lowest BCUT2D eigenvalue weighted by Crippen LogP contribution is -2.01. The third-order valence-corrected chi connectivity index (χ3v) is 7.76. The Bertz CT molecular complexity index is 3990. The van der Waals surface area contributed by atoms with Gasteiger partial charge in [0.25, 0.3) is 0 Å². The van der Waals surface area contributed by atoms with Crippen LogP contribution in [0.5, 0.6) is 0 Å². The standard InChI is InChI=1S/C43H25N3O2/c1-2-12-26(13-3-1)41-44-42(46-43(45-41)34-21-11-25-38-40(34)33-15-5-7-23-36(33)48-38)31-20-9-16-27-28(17-8-18-29(27)31)30-19-10-24-37-39(30)32-14-4-6-22-35(32)47-37/h1-25H/i4D,5D,6D,7D,8D,9D,10D,11D,14D,15D,16D,17D,18D,19D,20D,21D,22D,23D,24D,25D. The van der Waals surface area contributed by atoms with Crippen molar-refractivity contribution >= 4 is 54.6 Å². The molecule has 3 heterocycles. The number of hydrogen-bond donors (Lipinski definition) is 0. The van der Waals surface area contributed by atoms with E-state index in [1.807, 2.05) is 0 Å². The van der Waals surface area contributed by atoms with Gasteiger partial charge in [0.2, 0.25) is 0 Å². The van der Waals surface area contributed by atoms with E-state index in [9.17, 15) is 8.22 Å². The van der Waals surface area contributed by atoms with E-state index in [1.54, 1.807) is 30.3 Å². The molecule has 0 saturated heterocycles. The van der Waals surface area contributed by atoms with Crippen LogP contribution in [0.2, 0.25) is 0 Å². The number of hydrogen-bond acceptors (Lipinski definition) is 5. The Kier molecular flexibility index (Phi) is 2.98. The molecule has 10 aromatic rings. The second-order valence-electron chi connectivity index (χ2n) is 10.4. The van der Waals surface area contributed by atoms with Crippen LogP contribution in [0.1, 0.15) is 27.4 Å². The van der Waals surface area contributed by atoms with Gasteiger partial charge in [-0.25, -0.2) is 15.0 Å². The summed E-state index contributed by atoms with van der Waals surface area (Å²) >= 11 is 0. The highest BCUT2D eigenvalue weighted by molar-refractivity contribution is 6.16. The fourth-order valence-corrected chi connectivity index (χ4v) is 5.68. The molecule has 48 heavy (non-hydrogen) atoms. The van der Waals surface area contributed by atoms with Crippen LogP contribution in [-0.2, 0) is 0 Å². The van der Waals surface area contributed by atoms with E-state index in [2.05, 4.69) is 15.0 Å². The molecule has 5 nitrogen and oxygen atoms in total. The minimum atomic E-state index is -0.870. The monoisotopic (exact) mass is 635 g/mol. The second-order valence-corrected chi connectivity index (χ2v) is 10.4. The van der Waals surface area contributed by atoms with Crippen LogP contribution in [0.4, 0.5) is 0 Å². The molecule has 0 amide bonds. The smallest absolute Gasteiger partial charge is 0.164 e. The van der Waals surface area contributed by atoms with Crippen molar-refractivity contribution in [3.05, 3.63) is 151 Å². The molecule has 3 aromatic heterocycles. The Labute approximate surface area is 302 Å². The predicted octanol–water partition coefficient (Wildman–Crippen LogP) is 11.5. The van der Waals surface area contributed by atoms with Gasteiger partial charge in [-0.1, -0.05) is 127 Å². The average molecular weight is 636 g/mol. The topological polar surface area (TPSA) is 65.0 Å². The van der Waals surface area contributed by atoms with E-state index in [0.29, 0.717) is 5.56 Å². The molecule has 0 atom stereocenters. The van der Waals surface area contributed by atoms with Gasteiger partial charge in [0.1, 0.15) is 22.3 Å². The zero-order chi connectivity index (χ0) is 49.0. The number of furan rings is 2. The van der Waals surface area contributed by atoms with Crippen molar-refractivity contribution in [2.75, 3.05) is 0 Å². The number of fused-ring (bicyclic) bond motifs is 7. The molecule has 224 valence electrons. The van der Waals surface area contributed by atoms with Gasteiger partial charge in [0.15, 0.2) is 17.5 Å². The fraction of sp³-hybridized carbons (Fsp3) is 0. The van der Waals surface area contributed by atoms with E-state index < -0.39 is 182 Å². The van der Waals surface area contributed by atoms with Crippen molar-refractivity contribution in [2.45, 2.75) is 0 Å². The summed E-state index contributed by atoms with van der Waals surface area (Å²) < 4.78 is 189. The number of para-hydroxylation sites is 2. The molecule has 0 fully saturated rings. The second kappa shape index (κ2) is 10.5. The molecule has 7 aromatic carbocycles. The van der Waals surface area contributed by atoms with Gasteiger partial charge >= 0.3 is 0 Å². The molecule has 0 unspecified atom stereocenters. The highest BCUT2D eigenvalue weighted by Crippen LogP contribution is 2.41. The van der Waals surface area contributed by atoms with E-state index >= 15 is 0 Å². The molecular formula is C43H25N3O2. The maximum atomic E-state index is 9.35. The van der Waals surface area contributed by atoms with Crippen molar-refractivity contribution < 1.29 is 36.2 Å². The summed E-state index contributed by atoms with van der Waals surface area (Å²) in [5.41, 5.74) is -3.44. The quantitative estimate of drug-likeness (QED) is 0.192. The minimum Gasteiger partial charge on any atom is -0.456 e. The lowest BCUT2D eigenvalue weighted by molar-refractivity contribution is 0.668.